The molecule has 110 valence electrons. The summed E-state index contributed by atoms with van der Waals surface area (Å²) in [4.78, 5) is 28.1. The summed E-state index contributed by atoms with van der Waals surface area (Å²) in [6.45, 7) is 6.95. The first-order valence-corrected chi connectivity index (χ1v) is 7.50. The third-order valence-electron chi connectivity index (χ3n) is 2.32. The Labute approximate surface area is 123 Å². The number of aromatic nitrogens is 1. The standard InChI is InChI=1S/C14H20N2O3S/c1-9(13(18)19-14(2,3)4)16-11(17)10-7-6-8-15-12(10)20-5/h6-9H,1-5H3,(H,16,17)/t9-/m0/s1. The lowest BCUT2D eigenvalue weighted by molar-refractivity contribution is -0.156. The number of pyridine rings is 1. The van der Waals surface area contributed by atoms with Crippen LogP contribution >= 0.6 is 11.8 Å². The van der Waals surface area contributed by atoms with Crippen LogP contribution in [0.15, 0.2) is 23.4 Å². The largest absolute Gasteiger partial charge is 0.458 e. The normalized spacial score (nSPS) is 12.7. The number of carbonyl (C=O) groups excluding carboxylic acids is 2. The number of hydrogen-bond acceptors (Lipinski definition) is 5. The molecule has 0 aliphatic heterocycles. The van der Waals surface area contributed by atoms with Crippen LogP contribution in [0.3, 0.4) is 0 Å². The fourth-order valence-corrected chi connectivity index (χ4v) is 2.00. The van der Waals surface area contributed by atoms with Crippen LogP contribution in [0.1, 0.15) is 38.1 Å². The average molecular weight is 296 g/mol. The summed E-state index contributed by atoms with van der Waals surface area (Å²) in [5.74, 6) is -0.791. The third kappa shape index (κ3) is 4.85. The first-order chi connectivity index (χ1) is 9.24. The van der Waals surface area contributed by atoms with Gasteiger partial charge in [0.1, 0.15) is 16.7 Å². The van der Waals surface area contributed by atoms with Crippen LogP contribution in [-0.2, 0) is 9.53 Å². The van der Waals surface area contributed by atoms with Gasteiger partial charge in [-0.3, -0.25) is 4.79 Å². The van der Waals surface area contributed by atoms with Gasteiger partial charge in [-0.1, -0.05) is 0 Å². The predicted octanol–water partition coefficient (Wildman–Crippen LogP) is 2.26. The van der Waals surface area contributed by atoms with Gasteiger partial charge in [-0.25, -0.2) is 9.78 Å². The van der Waals surface area contributed by atoms with Crippen molar-refractivity contribution < 1.29 is 14.3 Å². The van der Waals surface area contributed by atoms with Gasteiger partial charge in [0.05, 0.1) is 5.56 Å². The number of esters is 1. The van der Waals surface area contributed by atoms with Crippen LogP contribution in [0.4, 0.5) is 0 Å². The van der Waals surface area contributed by atoms with Gasteiger partial charge in [0.15, 0.2) is 0 Å². The maximum atomic E-state index is 12.1. The van der Waals surface area contributed by atoms with E-state index >= 15 is 0 Å². The molecule has 0 bridgehead atoms. The molecule has 0 radical (unpaired) electrons. The van der Waals surface area contributed by atoms with Gasteiger partial charge < -0.3 is 10.1 Å². The van der Waals surface area contributed by atoms with Gasteiger partial charge in [0, 0.05) is 6.20 Å². The van der Waals surface area contributed by atoms with E-state index in [1.165, 1.54) is 11.8 Å². The Hall–Kier alpha value is -1.56. The minimum absolute atomic E-state index is 0.333. The van der Waals surface area contributed by atoms with Gasteiger partial charge in [0.2, 0.25) is 0 Å². The maximum absolute atomic E-state index is 12.1. The number of ether oxygens (including phenoxy) is 1. The van der Waals surface area contributed by atoms with Crippen molar-refractivity contribution in [1.29, 1.82) is 0 Å². The predicted molar refractivity (Wildman–Crippen MR) is 78.8 cm³/mol. The first kappa shape index (κ1) is 16.5. The monoisotopic (exact) mass is 296 g/mol. The SMILES string of the molecule is CSc1ncccc1C(=O)N[C@@H](C)C(=O)OC(C)(C)C. The van der Waals surface area contributed by atoms with Crippen LogP contribution in [0, 0.1) is 0 Å². The molecular weight excluding hydrogens is 276 g/mol. The maximum Gasteiger partial charge on any atom is 0.328 e. The zero-order valence-electron chi connectivity index (χ0n) is 12.4. The number of amides is 1. The van der Waals surface area contributed by atoms with E-state index in [1.54, 1.807) is 46.0 Å². The Morgan fingerprint density at radius 2 is 2.05 bits per heavy atom. The Morgan fingerprint density at radius 1 is 1.40 bits per heavy atom. The second-order valence-corrected chi connectivity index (χ2v) is 6.08. The minimum atomic E-state index is -0.711. The van der Waals surface area contributed by atoms with Gasteiger partial charge in [-0.2, -0.15) is 0 Å². The van der Waals surface area contributed by atoms with Crippen LogP contribution in [0.5, 0.6) is 0 Å². The average Bonchev–Trinajstić information content (AvgIpc) is 2.36. The third-order valence-corrected chi connectivity index (χ3v) is 3.03. The van der Waals surface area contributed by atoms with Crippen molar-refractivity contribution in [1.82, 2.24) is 10.3 Å². The molecule has 1 amide bonds. The van der Waals surface area contributed by atoms with Crippen molar-refractivity contribution in [3.63, 3.8) is 0 Å². The number of nitrogens with one attached hydrogen (secondary N) is 1. The molecule has 0 unspecified atom stereocenters. The van der Waals surface area contributed by atoms with Crippen molar-refractivity contribution in [3.8, 4) is 0 Å². The van der Waals surface area contributed by atoms with Crippen molar-refractivity contribution in [2.75, 3.05) is 6.26 Å². The summed E-state index contributed by atoms with van der Waals surface area (Å²) in [5, 5.41) is 3.25. The summed E-state index contributed by atoms with van der Waals surface area (Å²) in [5.41, 5.74) is -0.121. The first-order valence-electron chi connectivity index (χ1n) is 6.27. The van der Waals surface area contributed by atoms with E-state index in [9.17, 15) is 9.59 Å². The Morgan fingerprint density at radius 3 is 2.60 bits per heavy atom. The summed E-state index contributed by atoms with van der Waals surface area (Å²) >= 11 is 1.38. The van der Waals surface area contributed by atoms with E-state index in [1.807, 2.05) is 6.26 Å². The quantitative estimate of drug-likeness (QED) is 0.682. The topological polar surface area (TPSA) is 68.3 Å². The van der Waals surface area contributed by atoms with Gasteiger partial charge in [-0.15, -0.1) is 11.8 Å². The molecule has 5 nitrogen and oxygen atoms in total. The zero-order valence-corrected chi connectivity index (χ0v) is 13.2. The second-order valence-electron chi connectivity index (χ2n) is 5.29. The number of carbonyl (C=O) groups is 2. The summed E-state index contributed by atoms with van der Waals surface area (Å²) in [6, 6.07) is 2.65. The molecule has 0 aliphatic carbocycles. The lowest BCUT2D eigenvalue weighted by Crippen LogP contribution is -2.42. The molecule has 1 rings (SSSR count). The molecule has 1 aromatic rings. The molecule has 0 aromatic carbocycles. The number of thioether (sulfide) groups is 1. The van der Waals surface area contributed by atoms with E-state index in [2.05, 4.69) is 10.3 Å². The lowest BCUT2D eigenvalue weighted by atomic mass is 10.2. The molecular formula is C14H20N2O3S. The fourth-order valence-electron chi connectivity index (χ4n) is 1.45. The number of nitrogens with zero attached hydrogens (tertiary/aromatic N) is 1. The van der Waals surface area contributed by atoms with E-state index in [0.29, 0.717) is 10.6 Å². The highest BCUT2D eigenvalue weighted by molar-refractivity contribution is 7.98. The van der Waals surface area contributed by atoms with E-state index in [0.717, 1.165) is 0 Å². The molecule has 0 aliphatic rings. The van der Waals surface area contributed by atoms with E-state index < -0.39 is 17.6 Å². The van der Waals surface area contributed by atoms with Crippen molar-refractivity contribution in [3.05, 3.63) is 23.9 Å². The van der Waals surface area contributed by atoms with Crippen molar-refractivity contribution in [2.24, 2.45) is 0 Å². The smallest absolute Gasteiger partial charge is 0.328 e. The lowest BCUT2D eigenvalue weighted by Gasteiger charge is -2.22. The molecule has 1 N–H and O–H groups in total. The molecule has 0 saturated heterocycles. The Bertz CT molecular complexity index is 497. The van der Waals surface area contributed by atoms with Gasteiger partial charge in [-0.05, 0) is 46.1 Å². The molecule has 0 saturated carbocycles. The van der Waals surface area contributed by atoms with E-state index in [-0.39, 0.29) is 5.91 Å². The van der Waals surface area contributed by atoms with Crippen LogP contribution in [0.25, 0.3) is 0 Å². The fraction of sp³-hybridized carbons (Fsp3) is 0.500. The van der Waals surface area contributed by atoms with Crippen LogP contribution < -0.4 is 5.32 Å². The minimum Gasteiger partial charge on any atom is -0.458 e. The van der Waals surface area contributed by atoms with Crippen molar-refractivity contribution in [2.45, 2.75) is 44.4 Å². The van der Waals surface area contributed by atoms with Crippen LogP contribution in [0.2, 0.25) is 0 Å². The van der Waals surface area contributed by atoms with Crippen molar-refractivity contribution >= 4 is 23.6 Å². The van der Waals surface area contributed by atoms with Gasteiger partial charge in [0.25, 0.3) is 5.91 Å². The molecule has 0 fully saturated rings. The molecule has 20 heavy (non-hydrogen) atoms. The molecule has 0 spiro atoms. The van der Waals surface area contributed by atoms with Gasteiger partial charge >= 0.3 is 5.97 Å². The number of hydrogen-bond donors (Lipinski definition) is 1. The number of rotatable bonds is 4. The summed E-state index contributed by atoms with van der Waals surface area (Å²) in [6.07, 6.45) is 3.47. The Balaban J connectivity index is 2.73. The highest BCUT2D eigenvalue weighted by atomic mass is 32.2. The zero-order chi connectivity index (χ0) is 15.3. The summed E-state index contributed by atoms with van der Waals surface area (Å²) in [7, 11) is 0. The molecule has 6 heteroatoms. The summed E-state index contributed by atoms with van der Waals surface area (Å²) < 4.78 is 5.22. The van der Waals surface area contributed by atoms with E-state index in [4.69, 9.17) is 4.74 Å². The molecule has 1 heterocycles. The molecule has 1 aromatic heterocycles. The second kappa shape index (κ2) is 6.74. The highest BCUT2D eigenvalue weighted by Gasteiger charge is 2.24. The highest BCUT2D eigenvalue weighted by Crippen LogP contribution is 2.17. The van der Waals surface area contributed by atoms with Crippen LogP contribution in [-0.4, -0.2) is 34.8 Å². The Kier molecular flexibility index (Phi) is 5.56. The molecule has 1 atom stereocenters.